The molecule has 0 saturated carbocycles. The molecule has 0 radical (unpaired) electrons. The zero-order valence-corrected chi connectivity index (χ0v) is 33.6. The molecule has 0 aliphatic rings. The van der Waals surface area contributed by atoms with Gasteiger partial charge in [0.25, 0.3) is 0 Å². The van der Waals surface area contributed by atoms with Gasteiger partial charge in [0.15, 0.2) is 6.33 Å². The van der Waals surface area contributed by atoms with Gasteiger partial charge in [-0.1, -0.05) is 122 Å². The van der Waals surface area contributed by atoms with Crippen LogP contribution in [0, 0.1) is 18.5 Å². The number of nitrogens with zero attached hydrogens (tertiary/aromatic N) is 6. The van der Waals surface area contributed by atoms with Gasteiger partial charge in [0.1, 0.15) is 17.5 Å². The third kappa shape index (κ3) is 5.56. The molecule has 5 aromatic heterocycles. The summed E-state index contributed by atoms with van der Waals surface area (Å²) in [5.74, 6) is 1.99. The van der Waals surface area contributed by atoms with Crippen molar-refractivity contribution < 1.29 is 30.3 Å². The molecule has 11 rings (SSSR count). The van der Waals surface area contributed by atoms with Crippen molar-refractivity contribution in [2.75, 3.05) is 0 Å². The monoisotopic (exact) mass is 917 g/mol. The van der Waals surface area contributed by atoms with Crippen molar-refractivity contribution in [2.45, 2.75) is 26.2 Å². The van der Waals surface area contributed by atoms with Crippen molar-refractivity contribution in [3.8, 4) is 23.0 Å². The average Bonchev–Trinajstić information content (AvgIpc) is 3.95. The number of hydrogen-bond acceptors (Lipinski definition) is 3. The standard InChI is InChI=1S/C49H34N6O.Pt/c1-49(2,3)32-24-26-50-47(28-32)54-43-20-9-8-18-40(43)41-23-22-35(30-46(41)54)56-34-13-10-12-33(29-34)52-31-53-48-42(19-11-21-45(48)52)38-16-5-4-14-36(38)37-15-6-7-17-39(37)44-25-27-51-55(44)53;/h4-28H,1-3H3;/q-2;. The van der Waals surface area contributed by atoms with Crippen molar-refractivity contribution >= 4 is 65.3 Å². The number of pyridine rings is 1. The molecule has 0 fully saturated rings. The number of fused-ring (bicyclic) bond motifs is 10. The Morgan fingerprint density at radius 1 is 0.579 bits per heavy atom. The maximum Gasteiger partial charge on any atom is 0.195 e. The summed E-state index contributed by atoms with van der Waals surface area (Å²) in [5, 5.41) is 12.7. The van der Waals surface area contributed by atoms with E-state index < -0.39 is 0 Å². The summed E-state index contributed by atoms with van der Waals surface area (Å²) in [6.45, 7) is 6.66. The number of aromatic nitrogens is 6. The van der Waals surface area contributed by atoms with Crippen LogP contribution in [0.4, 0.5) is 0 Å². The third-order valence-corrected chi connectivity index (χ3v) is 10.8. The number of para-hydroxylation sites is 2. The predicted molar refractivity (Wildman–Crippen MR) is 223 cm³/mol. The van der Waals surface area contributed by atoms with Crippen LogP contribution in [0.25, 0.3) is 76.8 Å². The fourth-order valence-corrected chi connectivity index (χ4v) is 8.14. The summed E-state index contributed by atoms with van der Waals surface area (Å²) < 4.78 is 14.7. The van der Waals surface area contributed by atoms with Crippen LogP contribution in [-0.4, -0.2) is 23.8 Å². The van der Waals surface area contributed by atoms with Gasteiger partial charge in [-0.3, -0.25) is 0 Å². The Hall–Kier alpha value is -6.56. The van der Waals surface area contributed by atoms with Crippen LogP contribution < -0.4 is 9.25 Å². The Bertz CT molecular complexity index is 3410. The third-order valence-electron chi connectivity index (χ3n) is 10.8. The van der Waals surface area contributed by atoms with Crippen molar-refractivity contribution in [2.24, 2.45) is 0 Å². The number of rotatable bonds is 4. The van der Waals surface area contributed by atoms with E-state index in [2.05, 4.69) is 159 Å². The van der Waals surface area contributed by atoms with Gasteiger partial charge in [-0.05, 0) is 61.2 Å². The molecule has 0 N–H and O–H groups in total. The number of benzene rings is 6. The Labute approximate surface area is 342 Å². The Balaban J connectivity index is 0.00000396. The summed E-state index contributed by atoms with van der Waals surface area (Å²) in [7, 11) is 0. The van der Waals surface area contributed by atoms with Crippen LogP contribution in [0.1, 0.15) is 26.3 Å². The van der Waals surface area contributed by atoms with Crippen molar-refractivity contribution in [1.82, 2.24) is 23.8 Å². The second-order valence-electron chi connectivity index (χ2n) is 15.2. The molecule has 0 atom stereocenters. The maximum atomic E-state index is 6.58. The second kappa shape index (κ2) is 13.3. The molecular formula is C49H34N6OPt-2. The Morgan fingerprint density at radius 2 is 1.23 bits per heavy atom. The molecular weight excluding hydrogens is 884 g/mol. The van der Waals surface area contributed by atoms with E-state index in [9.17, 15) is 0 Å². The van der Waals surface area contributed by atoms with Crippen LogP contribution >= 0.6 is 0 Å². The van der Waals surface area contributed by atoms with E-state index in [1.807, 2.05) is 50.4 Å². The minimum absolute atomic E-state index is 0. The largest absolute Gasteiger partial charge is 0.510 e. The topological polar surface area (TPSA) is 53.4 Å². The number of imidazole rings is 1. The van der Waals surface area contributed by atoms with Crippen LogP contribution in [0.5, 0.6) is 11.5 Å². The molecule has 0 saturated heterocycles. The SMILES string of the molecule is CC(C)(C)c1ccnc(-n2c3[c-]c(Oc4[c-]c(-n5[c-][n+]6c7c(cccc75)c5ccccc5c5ccccc5c5ccnn56)ccc4)ccc3c3ccccc32)c1.[Pt]. The zero-order valence-electron chi connectivity index (χ0n) is 31.3. The minimum Gasteiger partial charge on any atom is -0.510 e. The van der Waals surface area contributed by atoms with Gasteiger partial charge in [0.2, 0.25) is 0 Å². The van der Waals surface area contributed by atoms with E-state index in [1.54, 1.807) is 0 Å². The summed E-state index contributed by atoms with van der Waals surface area (Å²) in [6.07, 6.45) is 7.38. The molecule has 0 unspecified atom stereocenters. The predicted octanol–water partition coefficient (Wildman–Crippen LogP) is 10.9. The molecule has 6 aromatic carbocycles. The molecule has 5 heterocycles. The summed E-state index contributed by atoms with van der Waals surface area (Å²) >= 11 is 0. The molecule has 0 aliphatic heterocycles. The van der Waals surface area contributed by atoms with E-state index >= 15 is 0 Å². The van der Waals surface area contributed by atoms with Crippen LogP contribution in [-0.2, 0) is 26.5 Å². The summed E-state index contributed by atoms with van der Waals surface area (Å²) in [4.78, 5) is 4.83. The fraction of sp³-hybridized carbons (Fsp3) is 0.0816. The van der Waals surface area contributed by atoms with Gasteiger partial charge < -0.3 is 13.9 Å². The summed E-state index contributed by atoms with van der Waals surface area (Å²) in [5.41, 5.74) is 6.84. The van der Waals surface area contributed by atoms with Crippen LogP contribution in [0.2, 0.25) is 0 Å². The maximum absolute atomic E-state index is 6.58. The second-order valence-corrected chi connectivity index (χ2v) is 15.2. The first-order valence-corrected chi connectivity index (χ1v) is 18.8. The molecule has 278 valence electrons. The van der Waals surface area contributed by atoms with E-state index in [0.717, 1.165) is 76.8 Å². The molecule has 0 amide bonds. The first kappa shape index (κ1) is 34.9. The van der Waals surface area contributed by atoms with E-state index in [0.29, 0.717) is 11.5 Å². The van der Waals surface area contributed by atoms with Gasteiger partial charge in [-0.2, -0.15) is 18.2 Å². The molecule has 0 bridgehead atoms. The van der Waals surface area contributed by atoms with Gasteiger partial charge >= 0.3 is 0 Å². The molecule has 8 heteroatoms. The average molecular weight is 918 g/mol. The number of ether oxygens (including phenoxy) is 1. The first-order valence-electron chi connectivity index (χ1n) is 18.8. The van der Waals surface area contributed by atoms with E-state index in [-0.39, 0.29) is 26.5 Å². The molecule has 7 nitrogen and oxygen atoms in total. The van der Waals surface area contributed by atoms with Gasteiger partial charge in [0.05, 0.1) is 5.52 Å². The van der Waals surface area contributed by atoms with E-state index in [1.165, 1.54) is 5.56 Å². The van der Waals surface area contributed by atoms with Crippen molar-refractivity contribution in [3.63, 3.8) is 0 Å². The normalized spacial score (nSPS) is 12.0. The van der Waals surface area contributed by atoms with Gasteiger partial charge in [-0.15, -0.1) is 29.7 Å². The summed E-state index contributed by atoms with van der Waals surface area (Å²) in [6, 6.07) is 55.4. The smallest absolute Gasteiger partial charge is 0.195 e. The number of hydrogen-bond donors (Lipinski definition) is 0. The fourth-order valence-electron chi connectivity index (χ4n) is 8.14. The van der Waals surface area contributed by atoms with Crippen LogP contribution in [0.3, 0.4) is 0 Å². The van der Waals surface area contributed by atoms with Gasteiger partial charge in [-0.25, -0.2) is 9.50 Å². The Kier molecular flexibility index (Phi) is 8.13. The Morgan fingerprint density at radius 3 is 2.02 bits per heavy atom. The van der Waals surface area contributed by atoms with Crippen LogP contribution in [0.15, 0.2) is 152 Å². The van der Waals surface area contributed by atoms with Crippen molar-refractivity contribution in [3.05, 3.63) is 176 Å². The molecule has 57 heavy (non-hydrogen) atoms. The molecule has 0 spiro atoms. The van der Waals surface area contributed by atoms with E-state index in [4.69, 9.17) is 14.8 Å². The molecule has 0 aliphatic carbocycles. The van der Waals surface area contributed by atoms with Gasteiger partial charge in [0, 0.05) is 61.2 Å². The quantitative estimate of drug-likeness (QED) is 0.131. The minimum atomic E-state index is -0.0231. The zero-order chi connectivity index (χ0) is 37.5. The first-order chi connectivity index (χ1) is 27.4. The van der Waals surface area contributed by atoms with Crippen molar-refractivity contribution in [1.29, 1.82) is 0 Å². The molecule has 11 aromatic rings.